The lowest BCUT2D eigenvalue weighted by molar-refractivity contribution is 0.0270. The lowest BCUT2D eigenvalue weighted by atomic mass is 9.57. The molecule has 2 fully saturated rings. The minimum atomic E-state index is 0.156. The molecule has 0 spiro atoms. The van der Waals surface area contributed by atoms with Crippen LogP contribution in [0.2, 0.25) is 0 Å². The SMILES string of the molecule is CC(CNC1CCCCC1)C(CC(C)(C)C(C)(C)C/C=C/C(C)(C)C(C)(C)CCC(CNC1CCCCC1)CC(C)(C)C)C(C)(C)C. The maximum atomic E-state index is 4.02. The van der Waals surface area contributed by atoms with E-state index in [0.717, 1.165) is 24.4 Å². The Hall–Kier alpha value is -0.340. The van der Waals surface area contributed by atoms with Gasteiger partial charge in [0, 0.05) is 12.1 Å². The molecule has 278 valence electrons. The van der Waals surface area contributed by atoms with Gasteiger partial charge in [-0.3, -0.25) is 0 Å². The Morgan fingerprint density at radius 1 is 0.596 bits per heavy atom. The Morgan fingerprint density at radius 2 is 1.09 bits per heavy atom. The molecule has 0 amide bonds. The van der Waals surface area contributed by atoms with Crippen LogP contribution in [0.4, 0.5) is 0 Å². The largest absolute Gasteiger partial charge is 0.314 e. The predicted octanol–water partition coefficient (Wildman–Crippen LogP) is 13.4. The fourth-order valence-corrected chi connectivity index (χ4v) is 8.81. The average Bonchev–Trinajstić information content (AvgIpc) is 2.95. The summed E-state index contributed by atoms with van der Waals surface area (Å²) in [5, 5.41) is 8.02. The van der Waals surface area contributed by atoms with E-state index >= 15 is 0 Å². The monoisotopic (exact) mass is 657 g/mol. The lowest BCUT2D eigenvalue weighted by Crippen LogP contribution is -2.43. The van der Waals surface area contributed by atoms with Gasteiger partial charge in [0.15, 0.2) is 0 Å². The van der Waals surface area contributed by atoms with Crippen LogP contribution in [-0.2, 0) is 0 Å². The van der Waals surface area contributed by atoms with E-state index in [4.69, 9.17) is 0 Å². The van der Waals surface area contributed by atoms with Crippen molar-refractivity contribution >= 4 is 0 Å². The Morgan fingerprint density at radius 3 is 1.55 bits per heavy atom. The number of hydrogen-bond acceptors (Lipinski definition) is 2. The molecular formula is C45H88N2. The second-order valence-electron chi connectivity index (χ2n) is 21.8. The zero-order valence-corrected chi connectivity index (χ0v) is 35.1. The molecular weight excluding hydrogens is 569 g/mol. The maximum Gasteiger partial charge on any atom is 0.00671 e. The summed E-state index contributed by atoms with van der Waals surface area (Å²) in [7, 11) is 0. The van der Waals surface area contributed by atoms with E-state index in [9.17, 15) is 0 Å². The quantitative estimate of drug-likeness (QED) is 0.143. The minimum absolute atomic E-state index is 0.156. The molecule has 0 aliphatic heterocycles. The first kappa shape index (κ1) is 42.8. The van der Waals surface area contributed by atoms with Crippen LogP contribution in [0.15, 0.2) is 12.2 Å². The number of nitrogens with one attached hydrogen (secondary N) is 2. The second-order valence-corrected chi connectivity index (χ2v) is 21.8. The van der Waals surface area contributed by atoms with Crippen LogP contribution >= 0.6 is 0 Å². The first-order valence-electron chi connectivity index (χ1n) is 20.6. The number of hydrogen-bond donors (Lipinski definition) is 2. The molecule has 0 radical (unpaired) electrons. The van der Waals surface area contributed by atoms with Gasteiger partial charge in [-0.25, -0.2) is 0 Å². The summed E-state index contributed by atoms with van der Waals surface area (Å²) in [4.78, 5) is 0. The molecule has 2 rings (SSSR count). The highest BCUT2D eigenvalue weighted by molar-refractivity contribution is 5.05. The van der Waals surface area contributed by atoms with E-state index in [-0.39, 0.29) is 21.7 Å². The highest BCUT2D eigenvalue weighted by atomic mass is 14.9. The maximum absolute atomic E-state index is 4.02. The van der Waals surface area contributed by atoms with Gasteiger partial charge in [0.05, 0.1) is 0 Å². The highest BCUT2D eigenvalue weighted by Crippen LogP contribution is 2.51. The van der Waals surface area contributed by atoms with Gasteiger partial charge in [0.2, 0.25) is 0 Å². The van der Waals surface area contributed by atoms with Crippen LogP contribution in [0.1, 0.15) is 200 Å². The number of rotatable bonds is 18. The van der Waals surface area contributed by atoms with Gasteiger partial charge in [-0.2, -0.15) is 0 Å². The topological polar surface area (TPSA) is 24.1 Å². The van der Waals surface area contributed by atoms with E-state index in [0.29, 0.717) is 22.7 Å². The van der Waals surface area contributed by atoms with Crippen molar-refractivity contribution in [1.29, 1.82) is 0 Å². The zero-order valence-electron chi connectivity index (χ0n) is 35.1. The second kappa shape index (κ2) is 17.7. The van der Waals surface area contributed by atoms with Crippen LogP contribution in [0.3, 0.4) is 0 Å². The van der Waals surface area contributed by atoms with Crippen molar-refractivity contribution in [1.82, 2.24) is 10.6 Å². The normalized spacial score (nSPS) is 20.9. The predicted molar refractivity (Wildman–Crippen MR) is 212 cm³/mol. The summed E-state index contributed by atoms with van der Waals surface area (Å²) in [6, 6.07) is 1.50. The Balaban J connectivity index is 2.02. The third-order valence-corrected chi connectivity index (χ3v) is 14.0. The van der Waals surface area contributed by atoms with Gasteiger partial charge >= 0.3 is 0 Å². The first-order valence-corrected chi connectivity index (χ1v) is 20.6. The molecule has 3 unspecified atom stereocenters. The molecule has 2 nitrogen and oxygen atoms in total. The third-order valence-electron chi connectivity index (χ3n) is 14.0. The number of allylic oxidation sites excluding steroid dienone is 2. The smallest absolute Gasteiger partial charge is 0.00671 e. The van der Waals surface area contributed by atoms with E-state index in [2.05, 4.69) is 127 Å². The zero-order chi connectivity index (χ0) is 35.7. The summed E-state index contributed by atoms with van der Waals surface area (Å²) in [6.07, 6.45) is 25.5. The summed E-state index contributed by atoms with van der Waals surface area (Å²) >= 11 is 0. The van der Waals surface area contributed by atoms with E-state index in [1.165, 1.54) is 103 Å². The fourth-order valence-electron chi connectivity index (χ4n) is 8.81. The van der Waals surface area contributed by atoms with Crippen LogP contribution in [-0.4, -0.2) is 25.2 Å². The molecule has 0 aromatic rings. The molecule has 0 bridgehead atoms. The molecule has 0 aromatic carbocycles. The summed E-state index contributed by atoms with van der Waals surface area (Å²) in [5.41, 5.74) is 1.57. The van der Waals surface area contributed by atoms with E-state index in [1.54, 1.807) is 0 Å². The van der Waals surface area contributed by atoms with Gasteiger partial charge in [-0.15, -0.1) is 0 Å². The van der Waals surface area contributed by atoms with Crippen molar-refractivity contribution in [3.8, 4) is 0 Å². The molecule has 2 aliphatic carbocycles. The van der Waals surface area contributed by atoms with Crippen LogP contribution in [0.25, 0.3) is 0 Å². The Bertz CT molecular complexity index is 895. The van der Waals surface area contributed by atoms with Crippen molar-refractivity contribution in [2.75, 3.05) is 13.1 Å². The van der Waals surface area contributed by atoms with Gasteiger partial charge < -0.3 is 10.6 Å². The first-order chi connectivity index (χ1) is 21.5. The summed E-state index contributed by atoms with van der Waals surface area (Å²) in [6.45, 7) is 39.9. The van der Waals surface area contributed by atoms with Crippen molar-refractivity contribution in [3.05, 3.63) is 12.2 Å². The molecule has 0 aromatic heterocycles. The highest BCUT2D eigenvalue weighted by Gasteiger charge is 2.42. The van der Waals surface area contributed by atoms with Crippen LogP contribution in [0.5, 0.6) is 0 Å². The molecule has 0 saturated heterocycles. The van der Waals surface area contributed by atoms with Gasteiger partial charge in [-0.1, -0.05) is 155 Å². The summed E-state index contributed by atoms with van der Waals surface area (Å²) < 4.78 is 0. The molecule has 2 saturated carbocycles. The standard InChI is InChI=1S/C45H88N2/c1-35(33-46-37-23-18-16-19-24-37)39(41(5,6)7)32-45(14,15)43(10,11)29-22-28-42(8,9)44(12,13)30-27-36(31-40(2,3)4)34-47-38-25-20-17-21-26-38/h22,28,35-39,46-47H,16-21,23-27,29-34H2,1-15H3/b28-22+. The molecule has 2 N–H and O–H groups in total. The third kappa shape index (κ3) is 14.4. The van der Waals surface area contributed by atoms with Crippen molar-refractivity contribution in [3.63, 3.8) is 0 Å². The van der Waals surface area contributed by atoms with Gasteiger partial charge in [0.1, 0.15) is 0 Å². The molecule has 2 aliphatic rings. The minimum Gasteiger partial charge on any atom is -0.314 e. The van der Waals surface area contributed by atoms with E-state index < -0.39 is 0 Å². The average molecular weight is 657 g/mol. The Labute approximate surface area is 297 Å². The molecule has 0 heterocycles. The van der Waals surface area contributed by atoms with Crippen molar-refractivity contribution in [2.24, 2.45) is 50.2 Å². The lowest BCUT2D eigenvalue weighted by Gasteiger charge is -2.48. The van der Waals surface area contributed by atoms with Crippen LogP contribution in [0, 0.1) is 50.2 Å². The fraction of sp³-hybridized carbons (Fsp3) is 0.956. The van der Waals surface area contributed by atoms with Gasteiger partial charge in [-0.05, 0) is 121 Å². The van der Waals surface area contributed by atoms with Gasteiger partial charge in [0.25, 0.3) is 0 Å². The Kier molecular flexibility index (Phi) is 16.2. The van der Waals surface area contributed by atoms with Crippen molar-refractivity contribution < 1.29 is 0 Å². The summed E-state index contributed by atoms with van der Waals surface area (Å²) in [5.74, 6) is 2.13. The molecule has 2 heteroatoms. The molecule has 3 atom stereocenters. The van der Waals surface area contributed by atoms with Crippen molar-refractivity contribution in [2.45, 2.75) is 212 Å². The molecule has 47 heavy (non-hydrogen) atoms. The van der Waals surface area contributed by atoms with Crippen LogP contribution < -0.4 is 10.6 Å². The van der Waals surface area contributed by atoms with E-state index in [1.807, 2.05) is 0 Å².